The van der Waals surface area contributed by atoms with Gasteiger partial charge in [0, 0.05) is 21.7 Å². The molecule has 3 nitrogen and oxygen atoms in total. The van der Waals surface area contributed by atoms with E-state index < -0.39 is 0 Å². The smallest absolute Gasteiger partial charge is 0.142 e. The summed E-state index contributed by atoms with van der Waals surface area (Å²) in [6, 6.07) is 17.5. The van der Waals surface area contributed by atoms with Crippen LogP contribution in [0.2, 0.25) is 5.02 Å². The fourth-order valence-corrected chi connectivity index (χ4v) is 3.01. The number of rotatable bonds is 6. The van der Waals surface area contributed by atoms with Crippen molar-refractivity contribution in [3.05, 3.63) is 88.8 Å². The summed E-state index contributed by atoms with van der Waals surface area (Å²) in [5.74, 6) is -0.293. The van der Waals surface area contributed by atoms with Crippen molar-refractivity contribution in [2.24, 2.45) is 5.16 Å². The SMILES string of the molecule is Fc1cccc(CO/N=C/c2cccnc2Sc2ccc(Cl)cc2)c1. The second-order valence-electron chi connectivity index (χ2n) is 5.09. The molecule has 0 amide bonds. The summed E-state index contributed by atoms with van der Waals surface area (Å²) in [4.78, 5) is 10.7. The highest BCUT2D eigenvalue weighted by atomic mass is 35.5. The van der Waals surface area contributed by atoms with Gasteiger partial charge in [-0.25, -0.2) is 9.37 Å². The molecule has 2 aromatic carbocycles. The van der Waals surface area contributed by atoms with Gasteiger partial charge in [-0.1, -0.05) is 40.7 Å². The van der Waals surface area contributed by atoms with Crippen LogP contribution >= 0.6 is 23.4 Å². The molecule has 25 heavy (non-hydrogen) atoms. The van der Waals surface area contributed by atoms with Gasteiger partial charge in [0.15, 0.2) is 0 Å². The maximum atomic E-state index is 13.1. The fraction of sp³-hybridized carbons (Fsp3) is 0.0526. The van der Waals surface area contributed by atoms with Gasteiger partial charge in [0.2, 0.25) is 0 Å². The lowest BCUT2D eigenvalue weighted by molar-refractivity contribution is 0.132. The van der Waals surface area contributed by atoms with Crippen LogP contribution in [0.1, 0.15) is 11.1 Å². The molecular formula is C19H14ClFN2OS. The quantitative estimate of drug-likeness (QED) is 0.418. The third-order valence-corrected chi connectivity index (χ3v) is 4.51. The molecule has 0 aliphatic rings. The highest BCUT2D eigenvalue weighted by Crippen LogP contribution is 2.28. The average molecular weight is 373 g/mol. The number of hydrogen-bond donors (Lipinski definition) is 0. The second-order valence-corrected chi connectivity index (χ2v) is 6.59. The van der Waals surface area contributed by atoms with E-state index in [1.807, 2.05) is 36.4 Å². The van der Waals surface area contributed by atoms with Crippen LogP contribution in [0, 0.1) is 5.82 Å². The molecule has 3 aromatic rings. The third kappa shape index (κ3) is 5.31. The summed E-state index contributed by atoms with van der Waals surface area (Å²) in [7, 11) is 0. The van der Waals surface area contributed by atoms with Gasteiger partial charge in [0.25, 0.3) is 0 Å². The van der Waals surface area contributed by atoms with Gasteiger partial charge >= 0.3 is 0 Å². The predicted octanol–water partition coefficient (Wildman–Crippen LogP) is 5.58. The Morgan fingerprint density at radius 3 is 2.76 bits per heavy atom. The summed E-state index contributed by atoms with van der Waals surface area (Å²) in [6.45, 7) is 0.203. The molecular weight excluding hydrogens is 359 g/mol. The van der Waals surface area contributed by atoms with Gasteiger partial charge in [-0.05, 0) is 54.1 Å². The zero-order chi connectivity index (χ0) is 17.5. The summed E-state index contributed by atoms with van der Waals surface area (Å²) in [5.41, 5.74) is 1.56. The Kier molecular flexibility index (Phi) is 6.04. The number of hydrogen-bond acceptors (Lipinski definition) is 4. The summed E-state index contributed by atoms with van der Waals surface area (Å²) in [5, 5.41) is 5.46. The summed E-state index contributed by atoms with van der Waals surface area (Å²) < 4.78 is 13.1. The van der Waals surface area contributed by atoms with Gasteiger partial charge in [-0.3, -0.25) is 0 Å². The van der Waals surface area contributed by atoms with Crippen molar-refractivity contribution in [2.45, 2.75) is 16.5 Å². The summed E-state index contributed by atoms with van der Waals surface area (Å²) in [6.07, 6.45) is 3.33. The molecule has 0 bridgehead atoms. The van der Waals surface area contributed by atoms with Crippen LogP contribution in [0.4, 0.5) is 4.39 Å². The molecule has 0 saturated carbocycles. The molecule has 126 valence electrons. The summed E-state index contributed by atoms with van der Waals surface area (Å²) >= 11 is 7.42. The Hall–Kier alpha value is -2.37. The van der Waals surface area contributed by atoms with Crippen molar-refractivity contribution in [3.63, 3.8) is 0 Å². The third-order valence-electron chi connectivity index (χ3n) is 3.22. The van der Waals surface area contributed by atoms with E-state index in [0.29, 0.717) is 5.02 Å². The molecule has 0 aliphatic heterocycles. The minimum absolute atomic E-state index is 0.203. The normalized spacial score (nSPS) is 11.0. The molecule has 0 saturated heterocycles. The monoisotopic (exact) mass is 372 g/mol. The van der Waals surface area contributed by atoms with Crippen molar-refractivity contribution in [1.29, 1.82) is 0 Å². The van der Waals surface area contributed by atoms with Crippen molar-refractivity contribution >= 4 is 29.6 Å². The topological polar surface area (TPSA) is 34.5 Å². The maximum absolute atomic E-state index is 13.1. The van der Waals surface area contributed by atoms with E-state index in [0.717, 1.165) is 21.0 Å². The average Bonchev–Trinajstić information content (AvgIpc) is 2.62. The molecule has 1 aromatic heterocycles. The molecule has 0 radical (unpaired) electrons. The number of nitrogens with zero attached hydrogens (tertiary/aromatic N) is 2. The highest BCUT2D eigenvalue weighted by molar-refractivity contribution is 7.99. The minimum Gasteiger partial charge on any atom is -0.391 e. The van der Waals surface area contributed by atoms with Crippen LogP contribution in [-0.2, 0) is 11.4 Å². The molecule has 0 aliphatic carbocycles. The molecule has 0 atom stereocenters. The molecule has 0 unspecified atom stereocenters. The van der Waals surface area contributed by atoms with E-state index in [9.17, 15) is 4.39 Å². The van der Waals surface area contributed by atoms with E-state index in [1.165, 1.54) is 23.9 Å². The highest BCUT2D eigenvalue weighted by Gasteiger charge is 2.04. The number of pyridine rings is 1. The first-order chi connectivity index (χ1) is 12.2. The van der Waals surface area contributed by atoms with Crippen LogP contribution in [0.5, 0.6) is 0 Å². The lowest BCUT2D eigenvalue weighted by atomic mass is 10.2. The van der Waals surface area contributed by atoms with Gasteiger partial charge in [0.05, 0.1) is 6.21 Å². The second kappa shape index (κ2) is 8.65. The van der Waals surface area contributed by atoms with Crippen molar-refractivity contribution < 1.29 is 9.23 Å². The standard InChI is InChI=1S/C19H14ClFN2OS/c20-16-6-8-18(9-7-16)25-19-15(4-2-10-22-19)12-23-24-13-14-3-1-5-17(21)11-14/h1-12H,13H2/b23-12+. The van der Waals surface area contributed by atoms with Crippen molar-refractivity contribution in [3.8, 4) is 0 Å². The number of halogens is 2. The number of aromatic nitrogens is 1. The molecule has 1 heterocycles. The lowest BCUT2D eigenvalue weighted by Crippen LogP contribution is -1.92. The maximum Gasteiger partial charge on any atom is 0.142 e. The van der Waals surface area contributed by atoms with Crippen LogP contribution in [0.3, 0.4) is 0 Å². The van der Waals surface area contributed by atoms with E-state index in [-0.39, 0.29) is 12.4 Å². The van der Waals surface area contributed by atoms with Crippen molar-refractivity contribution in [2.75, 3.05) is 0 Å². The zero-order valence-corrected chi connectivity index (χ0v) is 14.7. The molecule has 3 rings (SSSR count). The molecule has 6 heteroatoms. The first-order valence-electron chi connectivity index (χ1n) is 7.49. The van der Waals surface area contributed by atoms with Crippen molar-refractivity contribution in [1.82, 2.24) is 4.98 Å². The fourth-order valence-electron chi connectivity index (χ4n) is 2.03. The van der Waals surface area contributed by atoms with E-state index in [1.54, 1.807) is 24.5 Å². The Labute approximate surface area is 154 Å². The first kappa shape index (κ1) is 17.5. The van der Waals surface area contributed by atoms with E-state index in [4.69, 9.17) is 16.4 Å². The van der Waals surface area contributed by atoms with Gasteiger partial charge < -0.3 is 4.84 Å². The lowest BCUT2D eigenvalue weighted by Gasteiger charge is -2.04. The number of oxime groups is 1. The van der Waals surface area contributed by atoms with Crippen LogP contribution < -0.4 is 0 Å². The Morgan fingerprint density at radius 1 is 1.12 bits per heavy atom. The zero-order valence-electron chi connectivity index (χ0n) is 13.1. The molecule has 0 N–H and O–H groups in total. The van der Waals surface area contributed by atoms with E-state index in [2.05, 4.69) is 10.1 Å². The molecule has 0 fully saturated rings. The molecule has 0 spiro atoms. The van der Waals surface area contributed by atoms with Gasteiger partial charge in [-0.2, -0.15) is 0 Å². The minimum atomic E-state index is -0.293. The number of benzene rings is 2. The van der Waals surface area contributed by atoms with Gasteiger partial charge in [0.1, 0.15) is 17.5 Å². The van der Waals surface area contributed by atoms with Crippen LogP contribution in [0.15, 0.2) is 81.9 Å². The largest absolute Gasteiger partial charge is 0.391 e. The van der Waals surface area contributed by atoms with Crippen LogP contribution in [0.25, 0.3) is 0 Å². The Bertz CT molecular complexity index is 871. The van der Waals surface area contributed by atoms with Gasteiger partial charge in [-0.15, -0.1) is 0 Å². The first-order valence-corrected chi connectivity index (χ1v) is 8.68. The van der Waals surface area contributed by atoms with E-state index >= 15 is 0 Å². The van der Waals surface area contributed by atoms with Crippen LogP contribution in [-0.4, -0.2) is 11.2 Å². The Morgan fingerprint density at radius 2 is 1.96 bits per heavy atom. The Balaban J connectivity index is 1.65. The predicted molar refractivity (Wildman–Crippen MR) is 98.6 cm³/mol.